The maximum absolute atomic E-state index is 12.7. The van der Waals surface area contributed by atoms with Crippen molar-refractivity contribution < 1.29 is 22.7 Å². The second kappa shape index (κ2) is 7.27. The highest BCUT2D eigenvalue weighted by Crippen LogP contribution is 2.31. The van der Waals surface area contributed by atoms with Crippen molar-refractivity contribution in [1.82, 2.24) is 4.98 Å². The van der Waals surface area contributed by atoms with Gasteiger partial charge in [-0.2, -0.15) is 0 Å². The van der Waals surface area contributed by atoms with Crippen LogP contribution in [0.4, 0.5) is 0 Å². The number of methoxy groups -OCH3 is 1. The number of para-hydroxylation sites is 1. The van der Waals surface area contributed by atoms with Crippen LogP contribution in [-0.2, 0) is 14.6 Å². The first-order valence-electron chi connectivity index (χ1n) is 7.03. The van der Waals surface area contributed by atoms with Crippen LogP contribution in [0.25, 0.3) is 10.9 Å². The molecule has 0 fully saturated rings. The maximum Gasteiger partial charge on any atom is 0.341 e. The van der Waals surface area contributed by atoms with Gasteiger partial charge < -0.3 is 9.47 Å². The van der Waals surface area contributed by atoms with Crippen LogP contribution in [0.15, 0.2) is 54.6 Å². The number of carbonyl (C=O) groups is 1. The van der Waals surface area contributed by atoms with E-state index in [0.29, 0.717) is 16.7 Å². The van der Waals surface area contributed by atoms with Gasteiger partial charge in [-0.1, -0.05) is 30.9 Å². The van der Waals surface area contributed by atoms with Gasteiger partial charge in [0.2, 0.25) is 0 Å². The van der Waals surface area contributed by atoms with Crippen molar-refractivity contribution >= 4 is 26.7 Å². The Morgan fingerprint density at radius 3 is 2.67 bits per heavy atom. The van der Waals surface area contributed by atoms with Crippen LogP contribution in [0, 0.1) is 0 Å². The number of hydrogen-bond donors (Lipinski definition) is 0. The number of ether oxygens (including phenoxy) is 2. The highest BCUT2D eigenvalue weighted by atomic mass is 32.2. The van der Waals surface area contributed by atoms with Gasteiger partial charge in [0.15, 0.2) is 9.84 Å². The highest BCUT2D eigenvalue weighted by molar-refractivity contribution is 7.91. The van der Waals surface area contributed by atoms with Crippen molar-refractivity contribution in [3.05, 3.63) is 55.3 Å². The Morgan fingerprint density at radius 2 is 2.04 bits per heavy atom. The van der Waals surface area contributed by atoms with Gasteiger partial charge in [-0.15, -0.1) is 6.58 Å². The molecule has 0 saturated carbocycles. The molecule has 0 radical (unpaired) electrons. The number of hydrogen-bond acceptors (Lipinski definition) is 6. The van der Waals surface area contributed by atoms with Gasteiger partial charge in [-0.3, -0.25) is 4.98 Å². The molecule has 0 amide bonds. The van der Waals surface area contributed by atoms with Crippen LogP contribution < -0.4 is 4.74 Å². The number of pyridine rings is 1. The smallest absolute Gasteiger partial charge is 0.341 e. The number of nitrogens with zero attached hydrogens (tertiary/aromatic N) is 1. The molecule has 2 rings (SSSR count). The van der Waals surface area contributed by atoms with Gasteiger partial charge in [-0.25, -0.2) is 13.2 Å². The minimum absolute atomic E-state index is 0.0318. The first kappa shape index (κ1) is 17.7. The third-order valence-electron chi connectivity index (χ3n) is 3.23. The lowest BCUT2D eigenvalue weighted by atomic mass is 10.1. The Morgan fingerprint density at radius 1 is 1.29 bits per heavy atom. The summed E-state index contributed by atoms with van der Waals surface area (Å²) in [5, 5.41) is 0.296. The third kappa shape index (κ3) is 3.30. The lowest BCUT2D eigenvalue weighted by Crippen LogP contribution is -2.15. The molecule has 0 atom stereocenters. The van der Waals surface area contributed by atoms with Crippen LogP contribution >= 0.6 is 0 Å². The quantitative estimate of drug-likeness (QED) is 0.565. The number of rotatable bonds is 7. The Balaban J connectivity index is 2.81. The normalized spacial score (nSPS) is 11.0. The second-order valence-corrected chi connectivity index (χ2v) is 6.79. The summed E-state index contributed by atoms with van der Waals surface area (Å²) in [6, 6.07) is 4.87. The molecule has 126 valence electrons. The number of esters is 1. The SMILES string of the molecule is C=CCOC(=O)c1cnc2c(OC)cccc2c1S(=O)(=O)CC=C. The summed E-state index contributed by atoms with van der Waals surface area (Å²) < 4.78 is 35.5. The van der Waals surface area contributed by atoms with E-state index < -0.39 is 15.8 Å². The number of sulfone groups is 1. The molecule has 0 bridgehead atoms. The molecule has 0 aliphatic carbocycles. The zero-order valence-corrected chi connectivity index (χ0v) is 14.0. The molecule has 0 N–H and O–H groups in total. The fourth-order valence-electron chi connectivity index (χ4n) is 2.27. The summed E-state index contributed by atoms with van der Waals surface area (Å²) in [6.07, 6.45) is 3.85. The first-order valence-corrected chi connectivity index (χ1v) is 8.69. The molecule has 0 spiro atoms. The molecule has 1 heterocycles. The van der Waals surface area contributed by atoms with E-state index in [2.05, 4.69) is 18.1 Å². The van der Waals surface area contributed by atoms with Crippen molar-refractivity contribution in [3.8, 4) is 5.75 Å². The predicted molar refractivity (Wildman–Crippen MR) is 91.0 cm³/mol. The zero-order valence-electron chi connectivity index (χ0n) is 13.2. The largest absolute Gasteiger partial charge is 0.494 e. The highest BCUT2D eigenvalue weighted by Gasteiger charge is 2.27. The number of fused-ring (bicyclic) bond motifs is 1. The molecule has 7 heteroatoms. The van der Waals surface area contributed by atoms with Crippen LogP contribution in [0.3, 0.4) is 0 Å². The fraction of sp³-hybridized carbons (Fsp3) is 0.176. The molecule has 1 aromatic carbocycles. The van der Waals surface area contributed by atoms with Crippen LogP contribution in [0.5, 0.6) is 5.75 Å². The van der Waals surface area contributed by atoms with Crippen LogP contribution in [0.1, 0.15) is 10.4 Å². The van der Waals surface area contributed by atoms with Gasteiger partial charge in [-0.05, 0) is 6.07 Å². The number of aromatic nitrogens is 1. The second-order valence-electron chi connectivity index (χ2n) is 4.81. The van der Waals surface area contributed by atoms with E-state index in [-0.39, 0.29) is 22.8 Å². The average molecular weight is 347 g/mol. The summed E-state index contributed by atoms with van der Waals surface area (Å²) in [4.78, 5) is 16.3. The van der Waals surface area contributed by atoms with Crippen molar-refractivity contribution in [2.24, 2.45) is 0 Å². The van der Waals surface area contributed by atoms with E-state index >= 15 is 0 Å². The molecule has 0 aliphatic heterocycles. The monoisotopic (exact) mass is 347 g/mol. The molecule has 6 nitrogen and oxygen atoms in total. The maximum atomic E-state index is 12.7. The van der Waals surface area contributed by atoms with E-state index in [1.54, 1.807) is 18.2 Å². The van der Waals surface area contributed by atoms with E-state index in [4.69, 9.17) is 9.47 Å². The van der Waals surface area contributed by atoms with Crippen LogP contribution in [-0.4, -0.2) is 38.8 Å². The Labute approximate surface area is 140 Å². The Bertz CT molecular complexity index is 903. The summed E-state index contributed by atoms with van der Waals surface area (Å²) >= 11 is 0. The van der Waals surface area contributed by atoms with Gasteiger partial charge in [0.05, 0.1) is 23.3 Å². The Kier molecular flexibility index (Phi) is 5.35. The first-order chi connectivity index (χ1) is 11.5. The third-order valence-corrected chi connectivity index (χ3v) is 4.97. The van der Waals surface area contributed by atoms with E-state index in [0.717, 1.165) is 0 Å². The average Bonchev–Trinajstić information content (AvgIpc) is 2.57. The van der Waals surface area contributed by atoms with Gasteiger partial charge in [0, 0.05) is 11.6 Å². The van der Waals surface area contributed by atoms with Gasteiger partial charge in [0.25, 0.3) is 0 Å². The van der Waals surface area contributed by atoms with Crippen molar-refractivity contribution in [2.45, 2.75) is 4.90 Å². The predicted octanol–water partition coefficient (Wildman–Crippen LogP) is 2.55. The molecular weight excluding hydrogens is 330 g/mol. The minimum Gasteiger partial charge on any atom is -0.494 e. The van der Waals surface area contributed by atoms with E-state index in [1.807, 2.05) is 0 Å². The Hall–Kier alpha value is -2.67. The fourth-order valence-corrected chi connectivity index (χ4v) is 3.72. The van der Waals surface area contributed by atoms with Gasteiger partial charge in [0.1, 0.15) is 17.9 Å². The molecule has 0 saturated heterocycles. The lowest BCUT2D eigenvalue weighted by Gasteiger charge is -2.13. The molecule has 24 heavy (non-hydrogen) atoms. The van der Waals surface area contributed by atoms with Gasteiger partial charge >= 0.3 is 5.97 Å². The molecule has 0 aliphatic rings. The zero-order chi connectivity index (χ0) is 17.7. The minimum atomic E-state index is -3.80. The standard InChI is InChI=1S/C17H17NO5S/c1-4-9-23-17(19)13-11-18-15-12(7-6-8-14(15)22-3)16(13)24(20,21)10-5-2/h4-8,11H,1-2,9-10H2,3H3. The number of benzene rings is 1. The number of carbonyl (C=O) groups excluding carboxylic acids is 1. The van der Waals surface area contributed by atoms with E-state index in [1.165, 1.54) is 25.5 Å². The van der Waals surface area contributed by atoms with E-state index in [9.17, 15) is 13.2 Å². The van der Waals surface area contributed by atoms with Crippen molar-refractivity contribution in [1.29, 1.82) is 0 Å². The lowest BCUT2D eigenvalue weighted by molar-refractivity contribution is 0.0545. The molecule has 0 unspecified atom stereocenters. The van der Waals surface area contributed by atoms with Crippen LogP contribution in [0.2, 0.25) is 0 Å². The van der Waals surface area contributed by atoms with Crippen molar-refractivity contribution in [3.63, 3.8) is 0 Å². The molecule has 2 aromatic rings. The topological polar surface area (TPSA) is 82.6 Å². The summed E-state index contributed by atoms with van der Waals surface area (Å²) in [6.45, 7) is 6.89. The van der Waals surface area contributed by atoms with Crippen molar-refractivity contribution in [2.75, 3.05) is 19.5 Å². The molecule has 1 aromatic heterocycles. The summed E-state index contributed by atoms with van der Waals surface area (Å²) in [5.74, 6) is -0.686. The summed E-state index contributed by atoms with van der Waals surface area (Å²) in [5.41, 5.74) is 0.224. The summed E-state index contributed by atoms with van der Waals surface area (Å²) in [7, 11) is -2.34. The molecular formula is C17H17NO5S.